The number of ether oxygens (including phenoxy) is 2. The van der Waals surface area contributed by atoms with E-state index in [-0.39, 0.29) is 12.0 Å². The Balaban J connectivity index is 1.49. The third-order valence-corrected chi connectivity index (χ3v) is 6.19. The van der Waals surface area contributed by atoms with E-state index in [1.165, 1.54) is 7.11 Å². The highest BCUT2D eigenvalue weighted by atomic mass is 16.5. The highest BCUT2D eigenvalue weighted by Gasteiger charge is 2.28. The zero-order chi connectivity index (χ0) is 26.2. The fourth-order valence-electron chi connectivity index (χ4n) is 4.19. The van der Waals surface area contributed by atoms with Crippen molar-refractivity contribution in [3.8, 4) is 0 Å². The molecule has 10 nitrogen and oxygen atoms in total. The Hall–Kier alpha value is -4.18. The van der Waals surface area contributed by atoms with Crippen molar-refractivity contribution in [2.24, 2.45) is 0 Å². The fourth-order valence-corrected chi connectivity index (χ4v) is 4.19. The van der Waals surface area contributed by atoms with Crippen LogP contribution in [0.2, 0.25) is 0 Å². The SMILES string of the molecule is CNc1ncc2c(n1)N(C)CCN(c1cccc(COC(CCNC(=O)OC)c3ccccc3)c1)C2=O. The van der Waals surface area contributed by atoms with E-state index in [2.05, 4.69) is 25.3 Å². The van der Waals surface area contributed by atoms with Crippen molar-refractivity contribution in [3.63, 3.8) is 0 Å². The Labute approximate surface area is 216 Å². The molecule has 4 rings (SSSR count). The lowest BCUT2D eigenvalue weighted by Crippen LogP contribution is -2.33. The van der Waals surface area contributed by atoms with Crippen molar-refractivity contribution < 1.29 is 19.1 Å². The predicted octanol–water partition coefficient (Wildman–Crippen LogP) is 3.62. The number of alkyl carbamates (subject to hydrolysis) is 1. The molecule has 0 spiro atoms. The lowest BCUT2D eigenvalue weighted by atomic mass is 10.1. The zero-order valence-corrected chi connectivity index (χ0v) is 21.3. The molecule has 0 bridgehead atoms. The Morgan fingerprint density at radius 3 is 2.70 bits per heavy atom. The fraction of sp³-hybridized carbons (Fsp3) is 0.333. The van der Waals surface area contributed by atoms with Crippen molar-refractivity contribution in [3.05, 3.63) is 77.5 Å². The Kier molecular flexibility index (Phi) is 8.52. The van der Waals surface area contributed by atoms with Gasteiger partial charge in [0.15, 0.2) is 0 Å². The summed E-state index contributed by atoms with van der Waals surface area (Å²) in [5.41, 5.74) is 3.21. The van der Waals surface area contributed by atoms with Crippen LogP contribution in [0.4, 0.5) is 22.2 Å². The van der Waals surface area contributed by atoms with Crippen molar-refractivity contribution >= 4 is 29.5 Å². The lowest BCUT2D eigenvalue weighted by Gasteiger charge is -2.22. The number of benzene rings is 2. The molecule has 2 heterocycles. The third kappa shape index (κ3) is 6.34. The minimum atomic E-state index is -0.471. The van der Waals surface area contributed by atoms with E-state index in [0.717, 1.165) is 16.8 Å². The van der Waals surface area contributed by atoms with Crippen LogP contribution in [0, 0.1) is 0 Å². The predicted molar refractivity (Wildman–Crippen MR) is 142 cm³/mol. The summed E-state index contributed by atoms with van der Waals surface area (Å²) >= 11 is 0. The number of nitrogens with zero attached hydrogens (tertiary/aromatic N) is 4. The molecule has 1 atom stereocenters. The van der Waals surface area contributed by atoms with Crippen LogP contribution in [0.1, 0.15) is 34.0 Å². The maximum absolute atomic E-state index is 13.5. The van der Waals surface area contributed by atoms with Gasteiger partial charge < -0.3 is 29.9 Å². The van der Waals surface area contributed by atoms with Crippen molar-refractivity contribution in [1.82, 2.24) is 15.3 Å². The first-order valence-corrected chi connectivity index (χ1v) is 12.1. The average Bonchev–Trinajstić information content (AvgIpc) is 3.06. The summed E-state index contributed by atoms with van der Waals surface area (Å²) in [5, 5.41) is 5.63. The summed E-state index contributed by atoms with van der Waals surface area (Å²) in [6.07, 6.45) is 1.47. The largest absolute Gasteiger partial charge is 0.453 e. The number of carbonyl (C=O) groups is 2. The minimum Gasteiger partial charge on any atom is -0.453 e. The molecule has 2 amide bonds. The molecule has 1 unspecified atom stereocenters. The second-order valence-corrected chi connectivity index (χ2v) is 8.65. The first-order valence-electron chi connectivity index (χ1n) is 12.1. The van der Waals surface area contributed by atoms with E-state index >= 15 is 0 Å². The average molecular weight is 505 g/mol. The van der Waals surface area contributed by atoms with Crippen LogP contribution in [0.15, 0.2) is 60.8 Å². The van der Waals surface area contributed by atoms with Crippen LogP contribution >= 0.6 is 0 Å². The van der Waals surface area contributed by atoms with Gasteiger partial charge in [-0.3, -0.25) is 4.79 Å². The number of carbonyl (C=O) groups excluding carboxylic acids is 2. The third-order valence-electron chi connectivity index (χ3n) is 6.19. The van der Waals surface area contributed by atoms with Crippen LogP contribution in [-0.2, 0) is 16.1 Å². The first-order chi connectivity index (χ1) is 18.0. The second kappa shape index (κ2) is 12.2. The van der Waals surface area contributed by atoms with Gasteiger partial charge in [-0.25, -0.2) is 9.78 Å². The molecular formula is C27H32N6O4. The molecule has 0 fully saturated rings. The van der Waals surface area contributed by atoms with E-state index in [1.807, 2.05) is 66.5 Å². The summed E-state index contributed by atoms with van der Waals surface area (Å²) in [4.78, 5) is 37.4. The maximum Gasteiger partial charge on any atom is 0.406 e. The number of nitrogens with one attached hydrogen (secondary N) is 2. The number of anilines is 3. The van der Waals surface area contributed by atoms with Crippen LogP contribution in [-0.4, -0.2) is 62.8 Å². The molecule has 10 heteroatoms. The molecule has 1 aliphatic heterocycles. The van der Waals surface area contributed by atoms with Gasteiger partial charge in [0, 0.05) is 45.6 Å². The van der Waals surface area contributed by atoms with Gasteiger partial charge in [-0.05, 0) is 29.7 Å². The number of rotatable bonds is 9. The number of fused-ring (bicyclic) bond motifs is 1. The van der Waals surface area contributed by atoms with Crippen molar-refractivity contribution in [2.45, 2.75) is 19.1 Å². The highest BCUT2D eigenvalue weighted by molar-refractivity contribution is 6.09. The van der Waals surface area contributed by atoms with Gasteiger partial charge in [-0.1, -0.05) is 42.5 Å². The molecule has 0 saturated carbocycles. The van der Waals surface area contributed by atoms with Gasteiger partial charge in [-0.2, -0.15) is 4.98 Å². The molecule has 0 saturated heterocycles. The number of aromatic nitrogens is 2. The van der Waals surface area contributed by atoms with Gasteiger partial charge in [0.25, 0.3) is 5.91 Å². The zero-order valence-electron chi connectivity index (χ0n) is 21.3. The molecule has 1 aromatic heterocycles. The molecule has 0 aliphatic carbocycles. The Morgan fingerprint density at radius 2 is 1.95 bits per heavy atom. The van der Waals surface area contributed by atoms with Gasteiger partial charge in [0.05, 0.1) is 19.8 Å². The number of hydrogen-bond donors (Lipinski definition) is 2. The summed E-state index contributed by atoms with van der Waals surface area (Å²) in [5.74, 6) is 0.939. The van der Waals surface area contributed by atoms with E-state index < -0.39 is 6.09 Å². The maximum atomic E-state index is 13.5. The van der Waals surface area contributed by atoms with Crippen molar-refractivity contribution in [2.75, 3.05) is 56.0 Å². The number of likely N-dealkylation sites (N-methyl/N-ethyl adjacent to an activating group) is 1. The number of hydrogen-bond acceptors (Lipinski definition) is 8. The topological polar surface area (TPSA) is 109 Å². The molecular weight excluding hydrogens is 472 g/mol. The second-order valence-electron chi connectivity index (χ2n) is 8.65. The van der Waals surface area contributed by atoms with Crippen LogP contribution in [0.5, 0.6) is 0 Å². The Bertz CT molecular complexity index is 1220. The quantitative estimate of drug-likeness (QED) is 0.455. The first kappa shape index (κ1) is 25.9. The minimum absolute atomic E-state index is 0.142. The normalized spacial score (nSPS) is 14.0. The van der Waals surface area contributed by atoms with E-state index in [1.54, 1.807) is 18.1 Å². The lowest BCUT2D eigenvalue weighted by molar-refractivity contribution is 0.0341. The molecule has 2 N–H and O–H groups in total. The molecule has 3 aromatic rings. The Morgan fingerprint density at radius 1 is 1.14 bits per heavy atom. The number of amides is 2. The monoisotopic (exact) mass is 504 g/mol. The summed E-state index contributed by atoms with van der Waals surface area (Å²) in [6, 6.07) is 17.7. The van der Waals surface area contributed by atoms with Gasteiger partial charge in [0.1, 0.15) is 11.4 Å². The number of methoxy groups -OCH3 is 1. The summed E-state index contributed by atoms with van der Waals surface area (Å²) in [7, 11) is 5.01. The van der Waals surface area contributed by atoms with E-state index in [0.29, 0.717) is 50.0 Å². The van der Waals surface area contributed by atoms with Crippen LogP contribution in [0.25, 0.3) is 0 Å². The smallest absolute Gasteiger partial charge is 0.406 e. The molecule has 2 aromatic carbocycles. The van der Waals surface area contributed by atoms with Gasteiger partial charge in [0.2, 0.25) is 5.95 Å². The molecule has 37 heavy (non-hydrogen) atoms. The van der Waals surface area contributed by atoms with Crippen LogP contribution < -0.4 is 20.4 Å². The summed E-state index contributed by atoms with van der Waals surface area (Å²) < 4.78 is 11.0. The van der Waals surface area contributed by atoms with Crippen molar-refractivity contribution in [1.29, 1.82) is 0 Å². The van der Waals surface area contributed by atoms with E-state index in [9.17, 15) is 9.59 Å². The molecule has 1 aliphatic rings. The molecule has 0 radical (unpaired) electrons. The highest BCUT2D eigenvalue weighted by Crippen LogP contribution is 2.28. The van der Waals surface area contributed by atoms with Gasteiger partial charge >= 0.3 is 6.09 Å². The van der Waals surface area contributed by atoms with E-state index in [4.69, 9.17) is 4.74 Å². The standard InChI is InChI=1S/C27H32N6O4/c1-28-26-30-17-22-24(31-26)32(2)14-15-33(25(22)34)21-11-7-8-19(16-21)18-37-23(12-13-29-27(35)36-3)20-9-5-4-6-10-20/h4-11,16-17,23H,12-15,18H2,1-3H3,(H,29,35)(H,28,30,31). The van der Waals surface area contributed by atoms with Gasteiger partial charge in [-0.15, -0.1) is 0 Å². The summed E-state index contributed by atoms with van der Waals surface area (Å²) in [6.45, 7) is 1.90. The van der Waals surface area contributed by atoms with Crippen LogP contribution in [0.3, 0.4) is 0 Å². The molecule has 194 valence electrons.